The molecule has 0 N–H and O–H groups in total. The second-order valence-corrected chi connectivity index (χ2v) is 15.9. The molecule has 0 bridgehead atoms. The van der Waals surface area contributed by atoms with Crippen molar-refractivity contribution in [1.29, 1.82) is 0 Å². The molecule has 1 heterocycles. The topological polar surface area (TPSA) is 38.7 Å². The maximum atomic E-state index is 5.23. The van der Waals surface area contributed by atoms with Crippen molar-refractivity contribution in [2.45, 2.75) is 5.41 Å². The molecule has 0 unspecified atom stereocenters. The van der Waals surface area contributed by atoms with Crippen molar-refractivity contribution in [3.05, 3.63) is 247 Å². The van der Waals surface area contributed by atoms with Crippen LogP contribution in [0.4, 0.5) is 0 Å². The normalized spacial score (nSPS) is 12.7. The number of rotatable bonds is 6. The van der Waals surface area contributed by atoms with Gasteiger partial charge in [0, 0.05) is 16.7 Å². The van der Waals surface area contributed by atoms with Crippen LogP contribution in [0.1, 0.15) is 22.3 Å². The van der Waals surface area contributed by atoms with Crippen LogP contribution < -0.4 is 0 Å². The van der Waals surface area contributed by atoms with Gasteiger partial charge in [-0.2, -0.15) is 0 Å². The van der Waals surface area contributed by atoms with Crippen LogP contribution in [0, 0.1) is 0 Å². The number of aromatic nitrogens is 3. The molecule has 1 aliphatic carbocycles. The highest BCUT2D eigenvalue weighted by Gasteiger charge is 2.45. The quantitative estimate of drug-likeness (QED) is 0.158. The van der Waals surface area contributed by atoms with E-state index in [2.05, 4.69) is 206 Å². The molecule has 11 aromatic rings. The number of nitrogens with zero attached hydrogens (tertiary/aromatic N) is 3. The van der Waals surface area contributed by atoms with Gasteiger partial charge in [-0.3, -0.25) is 0 Å². The lowest BCUT2D eigenvalue weighted by Crippen LogP contribution is -2.28. The van der Waals surface area contributed by atoms with Gasteiger partial charge in [-0.05, 0) is 95.0 Å². The highest BCUT2D eigenvalue weighted by atomic mass is 15.0. The van der Waals surface area contributed by atoms with Crippen LogP contribution in [0.3, 0.4) is 0 Å². The maximum Gasteiger partial charge on any atom is 0.164 e. The van der Waals surface area contributed by atoms with Gasteiger partial charge in [-0.15, -0.1) is 0 Å². The van der Waals surface area contributed by atoms with Gasteiger partial charge >= 0.3 is 0 Å². The molecule has 61 heavy (non-hydrogen) atoms. The van der Waals surface area contributed by atoms with Gasteiger partial charge in [-0.25, -0.2) is 15.0 Å². The zero-order valence-electron chi connectivity index (χ0n) is 33.2. The molecular weight excluding hydrogens is 739 g/mol. The average Bonchev–Trinajstić information content (AvgIpc) is 3.65. The first-order valence-electron chi connectivity index (χ1n) is 20.9. The van der Waals surface area contributed by atoms with Crippen LogP contribution in [0.5, 0.6) is 0 Å². The van der Waals surface area contributed by atoms with E-state index in [4.69, 9.17) is 15.0 Å². The summed E-state index contributed by atoms with van der Waals surface area (Å²) in [5.41, 5.74) is 12.2. The van der Waals surface area contributed by atoms with Gasteiger partial charge in [0.1, 0.15) is 0 Å². The smallest absolute Gasteiger partial charge is 0.164 e. The van der Waals surface area contributed by atoms with Crippen LogP contribution in [0.25, 0.3) is 88.7 Å². The summed E-state index contributed by atoms with van der Waals surface area (Å²) in [5.74, 6) is 1.91. The predicted molar refractivity (Wildman–Crippen MR) is 251 cm³/mol. The Morgan fingerprint density at radius 1 is 0.246 bits per heavy atom. The minimum absolute atomic E-state index is 0.438. The number of hydrogen-bond acceptors (Lipinski definition) is 3. The molecule has 0 saturated carbocycles. The third-order valence-electron chi connectivity index (χ3n) is 12.6. The van der Waals surface area contributed by atoms with Crippen LogP contribution in [0.15, 0.2) is 224 Å². The first kappa shape index (κ1) is 35.0. The van der Waals surface area contributed by atoms with Crippen LogP contribution >= 0.6 is 0 Å². The maximum absolute atomic E-state index is 5.23. The Labute approximate surface area is 354 Å². The lowest BCUT2D eigenvalue weighted by atomic mass is 9.67. The summed E-state index contributed by atoms with van der Waals surface area (Å²) >= 11 is 0. The second kappa shape index (κ2) is 14.1. The Bertz CT molecular complexity index is 3390. The molecule has 0 amide bonds. The Hall–Kier alpha value is -8.01. The summed E-state index contributed by atoms with van der Waals surface area (Å²) in [6.45, 7) is 0. The van der Waals surface area contributed by atoms with Gasteiger partial charge in [0.05, 0.1) is 5.41 Å². The highest BCUT2D eigenvalue weighted by Crippen LogP contribution is 2.56. The van der Waals surface area contributed by atoms with E-state index in [0.29, 0.717) is 17.5 Å². The molecule has 0 spiro atoms. The van der Waals surface area contributed by atoms with Crippen molar-refractivity contribution >= 4 is 32.3 Å². The van der Waals surface area contributed by atoms with Gasteiger partial charge in [0.15, 0.2) is 17.5 Å². The second-order valence-electron chi connectivity index (χ2n) is 15.9. The van der Waals surface area contributed by atoms with E-state index in [0.717, 1.165) is 27.8 Å². The molecule has 1 aliphatic rings. The molecule has 0 aliphatic heterocycles. The van der Waals surface area contributed by atoms with E-state index < -0.39 is 5.41 Å². The van der Waals surface area contributed by atoms with Crippen molar-refractivity contribution in [3.8, 4) is 56.4 Å². The molecular formula is C58H37N3. The SMILES string of the molecule is c1ccc(-c2nc(-c3cccc(-c4ccc5c(c4)-c4ccccc4C5(c4ccccc4)c4ccccc4)c3)nc(-c3ccc4c5ccccc5c5ccccc5c4c3)n2)cc1. The summed E-state index contributed by atoms with van der Waals surface area (Å²) in [7, 11) is 0. The monoisotopic (exact) mass is 775 g/mol. The van der Waals surface area contributed by atoms with Crippen LogP contribution in [-0.2, 0) is 5.41 Å². The summed E-state index contributed by atoms with van der Waals surface area (Å²) in [6, 6.07) is 80.6. The molecule has 10 aromatic carbocycles. The number of benzene rings is 10. The summed E-state index contributed by atoms with van der Waals surface area (Å²) in [6.07, 6.45) is 0. The molecule has 3 nitrogen and oxygen atoms in total. The summed E-state index contributed by atoms with van der Waals surface area (Å²) in [5, 5.41) is 7.34. The Balaban J connectivity index is 1.01. The van der Waals surface area contributed by atoms with E-state index in [-0.39, 0.29) is 0 Å². The van der Waals surface area contributed by atoms with Crippen molar-refractivity contribution in [2.24, 2.45) is 0 Å². The predicted octanol–water partition coefficient (Wildman–Crippen LogP) is 14.4. The fraction of sp³-hybridized carbons (Fsp3) is 0.0172. The van der Waals surface area contributed by atoms with Crippen molar-refractivity contribution in [1.82, 2.24) is 15.0 Å². The van der Waals surface area contributed by atoms with Crippen molar-refractivity contribution < 1.29 is 0 Å². The molecule has 3 heteroatoms. The lowest BCUT2D eigenvalue weighted by molar-refractivity contribution is 0.768. The van der Waals surface area contributed by atoms with Gasteiger partial charge < -0.3 is 0 Å². The fourth-order valence-electron chi connectivity index (χ4n) is 9.86. The third-order valence-corrected chi connectivity index (χ3v) is 12.6. The molecule has 0 saturated heterocycles. The molecule has 0 radical (unpaired) electrons. The molecule has 1 aromatic heterocycles. The first-order valence-corrected chi connectivity index (χ1v) is 20.9. The van der Waals surface area contributed by atoms with Gasteiger partial charge in [0.2, 0.25) is 0 Å². The van der Waals surface area contributed by atoms with E-state index in [9.17, 15) is 0 Å². The molecule has 0 fully saturated rings. The largest absolute Gasteiger partial charge is 0.208 e. The van der Waals surface area contributed by atoms with Crippen molar-refractivity contribution in [3.63, 3.8) is 0 Å². The van der Waals surface area contributed by atoms with Gasteiger partial charge in [-0.1, -0.05) is 206 Å². The first-order chi connectivity index (χ1) is 30.2. The molecule has 284 valence electrons. The van der Waals surface area contributed by atoms with E-state index in [1.165, 1.54) is 65.7 Å². The minimum Gasteiger partial charge on any atom is -0.208 e. The molecule has 12 rings (SSSR count). The third kappa shape index (κ3) is 5.55. The Morgan fingerprint density at radius 2 is 0.672 bits per heavy atom. The van der Waals surface area contributed by atoms with Crippen LogP contribution in [0.2, 0.25) is 0 Å². The summed E-state index contributed by atoms with van der Waals surface area (Å²) in [4.78, 5) is 15.5. The fourth-order valence-corrected chi connectivity index (χ4v) is 9.86. The Kier molecular flexibility index (Phi) is 8.07. The zero-order valence-corrected chi connectivity index (χ0v) is 33.2. The highest BCUT2D eigenvalue weighted by molar-refractivity contribution is 6.25. The average molecular weight is 776 g/mol. The number of hydrogen-bond donors (Lipinski definition) is 0. The summed E-state index contributed by atoms with van der Waals surface area (Å²) < 4.78 is 0. The Morgan fingerprint density at radius 3 is 1.31 bits per heavy atom. The number of fused-ring (bicyclic) bond motifs is 9. The minimum atomic E-state index is -0.438. The van der Waals surface area contributed by atoms with E-state index in [1.807, 2.05) is 18.2 Å². The van der Waals surface area contributed by atoms with Crippen molar-refractivity contribution in [2.75, 3.05) is 0 Å². The van der Waals surface area contributed by atoms with E-state index >= 15 is 0 Å². The standard InChI is InChI=1S/C58H37N3/c1-4-17-38(18-5-1)55-59-56(61-57(60-55)42-31-33-49-47-27-11-10-25-45(47)46-26-12-13-28-48(46)51(49)37-42)41-20-16-19-39(35-41)40-32-34-54-52(36-40)50-29-14-15-30-53(50)58(54,43-21-6-2-7-22-43)44-23-8-3-9-24-44/h1-37H. The lowest BCUT2D eigenvalue weighted by Gasteiger charge is -2.33. The van der Waals surface area contributed by atoms with Crippen LogP contribution in [-0.4, -0.2) is 15.0 Å². The zero-order chi connectivity index (χ0) is 40.3. The molecule has 0 atom stereocenters. The van der Waals surface area contributed by atoms with Gasteiger partial charge in [0.25, 0.3) is 0 Å². The van der Waals surface area contributed by atoms with E-state index in [1.54, 1.807) is 0 Å².